The maximum Gasteiger partial charge on any atom is 0.154 e. The third-order valence-electron chi connectivity index (χ3n) is 12.6. The average Bonchev–Trinajstić information content (AvgIpc) is 3.30. The van der Waals surface area contributed by atoms with Crippen molar-refractivity contribution in [2.24, 2.45) is 29.6 Å². The van der Waals surface area contributed by atoms with E-state index in [9.17, 15) is 26.3 Å². The normalized spacial score (nSPS) is 20.0. The molecule has 2 saturated carbocycles. The molecular weight excluding hydrogens is 891 g/mol. The highest BCUT2D eigenvalue weighted by molar-refractivity contribution is 5.25. The maximum absolute atomic E-state index is 12.6. The minimum absolute atomic E-state index is 0. The molecule has 1 heterocycles. The second-order valence-electron chi connectivity index (χ2n) is 20.4. The van der Waals surface area contributed by atoms with Crippen molar-refractivity contribution < 1.29 is 37.2 Å². The number of benzene rings is 5. The quantitative estimate of drug-likeness (QED) is 0.144. The Bertz CT molecular complexity index is 1950. The molecule has 5 aromatic rings. The molecular formula is C62H90F6O2. The van der Waals surface area contributed by atoms with E-state index in [0.717, 1.165) is 48.0 Å². The SMILES string of the molecule is CC1CCC(C)CC1.CC1CCC(C)CC1.CC1COC(C)OC1.Cc1cc(F)c(C)c(F)c1.Cc1cc(F)c(C)c(F)c1.Cc1ccc(C)c(F)c1.Cc1ccc(C)c(F)c1.Cc1ccc(C)cc1.[HH]. The summed E-state index contributed by atoms with van der Waals surface area (Å²) in [6, 6.07) is 24.2. The lowest BCUT2D eigenvalue weighted by molar-refractivity contribution is -0.187. The van der Waals surface area contributed by atoms with Crippen molar-refractivity contribution in [3.63, 3.8) is 0 Å². The summed E-state index contributed by atoms with van der Waals surface area (Å²) in [7, 11) is 0. The molecule has 0 spiro atoms. The molecule has 8 heteroatoms. The first-order valence-electron chi connectivity index (χ1n) is 25.3. The van der Waals surface area contributed by atoms with Crippen molar-refractivity contribution in [3.05, 3.63) is 175 Å². The molecule has 5 aromatic carbocycles. The van der Waals surface area contributed by atoms with Crippen molar-refractivity contribution in [1.82, 2.24) is 0 Å². The summed E-state index contributed by atoms with van der Waals surface area (Å²) in [6.07, 6.45) is 11.8. The van der Waals surface area contributed by atoms with Crippen LogP contribution < -0.4 is 0 Å². The van der Waals surface area contributed by atoms with E-state index in [1.807, 2.05) is 32.9 Å². The van der Waals surface area contributed by atoms with Gasteiger partial charge in [-0.25, -0.2) is 26.3 Å². The fourth-order valence-corrected chi connectivity index (χ4v) is 7.13. The van der Waals surface area contributed by atoms with Gasteiger partial charge in [-0.3, -0.25) is 0 Å². The van der Waals surface area contributed by atoms with E-state index < -0.39 is 23.3 Å². The summed E-state index contributed by atoms with van der Waals surface area (Å²) in [5, 5.41) is 0. The van der Waals surface area contributed by atoms with Gasteiger partial charge >= 0.3 is 0 Å². The van der Waals surface area contributed by atoms with E-state index >= 15 is 0 Å². The number of rotatable bonds is 0. The van der Waals surface area contributed by atoms with Crippen molar-refractivity contribution in [2.75, 3.05) is 13.2 Å². The number of hydrogen-bond donors (Lipinski definition) is 0. The molecule has 2 aliphatic carbocycles. The van der Waals surface area contributed by atoms with E-state index in [1.54, 1.807) is 39.8 Å². The summed E-state index contributed by atoms with van der Waals surface area (Å²) in [5.41, 5.74) is 7.42. The van der Waals surface area contributed by atoms with Gasteiger partial charge in [0.15, 0.2) is 6.29 Å². The zero-order valence-electron chi connectivity index (χ0n) is 45.7. The van der Waals surface area contributed by atoms with Gasteiger partial charge in [0.1, 0.15) is 34.9 Å². The van der Waals surface area contributed by atoms with Gasteiger partial charge in [-0.2, -0.15) is 0 Å². The van der Waals surface area contributed by atoms with Gasteiger partial charge in [0.2, 0.25) is 0 Å². The monoisotopic (exact) mass is 981 g/mol. The average molecular weight is 981 g/mol. The van der Waals surface area contributed by atoms with E-state index in [1.165, 1.54) is 113 Å². The van der Waals surface area contributed by atoms with Crippen LogP contribution in [-0.2, 0) is 9.47 Å². The Labute approximate surface area is 422 Å². The minimum atomic E-state index is -0.475. The summed E-state index contributed by atoms with van der Waals surface area (Å²) in [6.45, 7) is 32.8. The van der Waals surface area contributed by atoms with Crippen LogP contribution in [0.25, 0.3) is 0 Å². The van der Waals surface area contributed by atoms with Crippen LogP contribution in [0.5, 0.6) is 0 Å². The highest BCUT2D eigenvalue weighted by Gasteiger charge is 2.15. The van der Waals surface area contributed by atoms with Crippen LogP contribution in [0.15, 0.2) is 84.9 Å². The summed E-state index contributed by atoms with van der Waals surface area (Å²) in [4.78, 5) is 0. The Morgan fingerprint density at radius 1 is 0.314 bits per heavy atom. The largest absolute Gasteiger partial charge is 0.353 e. The van der Waals surface area contributed by atoms with Crippen LogP contribution in [0.2, 0.25) is 0 Å². The van der Waals surface area contributed by atoms with Gasteiger partial charge in [-0.1, -0.05) is 146 Å². The Morgan fingerprint density at radius 3 is 0.757 bits per heavy atom. The fourth-order valence-electron chi connectivity index (χ4n) is 7.13. The van der Waals surface area contributed by atoms with Crippen LogP contribution in [0.4, 0.5) is 26.3 Å². The lowest BCUT2D eigenvalue weighted by atomic mass is 9.84. The molecule has 0 amide bonds. The zero-order chi connectivity index (χ0) is 53.1. The number of ether oxygens (including phenoxy) is 2. The molecule has 0 unspecified atom stereocenters. The Morgan fingerprint density at radius 2 is 0.543 bits per heavy atom. The number of aryl methyl sites for hydroxylation is 8. The van der Waals surface area contributed by atoms with Gasteiger partial charge in [0, 0.05) is 18.5 Å². The van der Waals surface area contributed by atoms with Crippen LogP contribution in [0.3, 0.4) is 0 Å². The maximum atomic E-state index is 12.6. The fraction of sp³-hybridized carbons (Fsp3) is 0.516. The zero-order valence-corrected chi connectivity index (χ0v) is 45.7. The van der Waals surface area contributed by atoms with Crippen molar-refractivity contribution >= 4 is 0 Å². The van der Waals surface area contributed by atoms with E-state index in [0.29, 0.717) is 28.2 Å². The first-order valence-corrected chi connectivity index (χ1v) is 25.3. The third-order valence-corrected chi connectivity index (χ3v) is 12.6. The lowest BCUT2D eigenvalue weighted by Crippen LogP contribution is -2.27. The molecule has 0 atom stereocenters. The van der Waals surface area contributed by atoms with Crippen LogP contribution >= 0.6 is 0 Å². The van der Waals surface area contributed by atoms with Crippen LogP contribution in [0.1, 0.15) is 150 Å². The summed E-state index contributed by atoms with van der Waals surface area (Å²) >= 11 is 0. The minimum Gasteiger partial charge on any atom is -0.353 e. The smallest absolute Gasteiger partial charge is 0.154 e. The van der Waals surface area contributed by atoms with E-state index in [4.69, 9.17) is 9.47 Å². The topological polar surface area (TPSA) is 18.5 Å². The van der Waals surface area contributed by atoms with Crippen LogP contribution in [-0.4, -0.2) is 19.5 Å². The summed E-state index contributed by atoms with van der Waals surface area (Å²) < 4.78 is 85.9. The van der Waals surface area contributed by atoms with Crippen molar-refractivity contribution in [1.29, 1.82) is 0 Å². The molecule has 8 rings (SSSR count). The molecule has 3 aliphatic rings. The first kappa shape index (κ1) is 63.6. The third kappa shape index (κ3) is 28.4. The van der Waals surface area contributed by atoms with Gasteiger partial charge in [0.05, 0.1) is 13.2 Å². The van der Waals surface area contributed by atoms with E-state index in [-0.39, 0.29) is 30.5 Å². The van der Waals surface area contributed by atoms with Gasteiger partial charge in [0.25, 0.3) is 0 Å². The second kappa shape index (κ2) is 34.1. The highest BCUT2D eigenvalue weighted by Crippen LogP contribution is 2.28. The molecule has 70 heavy (non-hydrogen) atoms. The molecule has 1 saturated heterocycles. The molecule has 0 N–H and O–H groups in total. The van der Waals surface area contributed by atoms with E-state index in [2.05, 4.69) is 72.7 Å². The Balaban J connectivity index is 0.000000788. The number of hydrogen-bond acceptors (Lipinski definition) is 2. The Kier molecular flexibility index (Phi) is 30.9. The number of halogens is 6. The molecule has 0 radical (unpaired) electrons. The van der Waals surface area contributed by atoms with Gasteiger partial charge in [-0.05, 0) is 170 Å². The molecule has 0 bridgehead atoms. The first-order chi connectivity index (χ1) is 32.8. The molecule has 392 valence electrons. The van der Waals surface area contributed by atoms with Gasteiger partial charge in [-0.15, -0.1) is 0 Å². The molecule has 3 fully saturated rings. The summed E-state index contributed by atoms with van der Waals surface area (Å²) in [5.74, 6) is 2.52. The predicted molar refractivity (Wildman–Crippen MR) is 286 cm³/mol. The second-order valence-corrected chi connectivity index (χ2v) is 20.4. The Hall–Kier alpha value is -4.40. The molecule has 1 aliphatic heterocycles. The van der Waals surface area contributed by atoms with Crippen molar-refractivity contribution in [3.8, 4) is 0 Å². The standard InChI is InChI=1S/2C8H8F2.2C8H9F.2C8H16.C8H10.C6H12O2.H2/c2*1-5-3-7(9)6(2)8(10)4-5;2*1-6-3-4-7(2)8(9)5-6;3*1-7-3-5-8(2)6-4-7;1-5-3-7-6(2)8-4-5;/h2*3-4H,1-2H3;2*3-5H,1-2H3;2*7-8H,3-6H2,1-2H3;3-6H,1-2H3;5-6H,3-4H2,1-2H3;1H. The van der Waals surface area contributed by atoms with Crippen LogP contribution in [0, 0.1) is 134 Å². The predicted octanol–water partition coefficient (Wildman–Crippen LogP) is 19.3. The molecule has 2 nitrogen and oxygen atoms in total. The molecule has 0 aromatic heterocycles. The van der Waals surface area contributed by atoms with Gasteiger partial charge < -0.3 is 9.47 Å². The lowest BCUT2D eigenvalue weighted by Gasteiger charge is -2.24. The van der Waals surface area contributed by atoms with Crippen molar-refractivity contribution in [2.45, 2.75) is 168 Å². The highest BCUT2D eigenvalue weighted by atomic mass is 19.2.